The molecule has 3 saturated heterocycles. The van der Waals surface area contributed by atoms with Gasteiger partial charge in [-0.25, -0.2) is 10.2 Å². The van der Waals surface area contributed by atoms with E-state index in [9.17, 15) is 14.4 Å². The normalized spacial score (nSPS) is 27.5. The first kappa shape index (κ1) is 27.1. The van der Waals surface area contributed by atoms with Crippen LogP contribution < -0.4 is 21.5 Å². The minimum Gasteiger partial charge on any atom is -0.339 e. The zero-order valence-corrected chi connectivity index (χ0v) is 22.4. The lowest BCUT2D eigenvalue weighted by Gasteiger charge is -2.37. The van der Waals surface area contributed by atoms with Crippen molar-refractivity contribution in [2.75, 3.05) is 40.3 Å². The summed E-state index contributed by atoms with van der Waals surface area (Å²) in [5.74, 6) is -0.467. The van der Waals surface area contributed by atoms with Crippen molar-refractivity contribution < 1.29 is 14.4 Å². The van der Waals surface area contributed by atoms with E-state index in [2.05, 4.69) is 46.8 Å². The van der Waals surface area contributed by atoms with E-state index in [1.807, 2.05) is 49.3 Å². The van der Waals surface area contributed by atoms with Crippen molar-refractivity contribution in [1.82, 2.24) is 36.2 Å². The summed E-state index contributed by atoms with van der Waals surface area (Å²) in [7, 11) is 3.99. The summed E-state index contributed by atoms with van der Waals surface area (Å²) in [5.41, 5.74) is 7.16. The predicted molar refractivity (Wildman–Crippen MR) is 142 cm³/mol. The van der Waals surface area contributed by atoms with Crippen molar-refractivity contribution in [2.24, 2.45) is 11.8 Å². The van der Waals surface area contributed by atoms with Crippen LogP contribution >= 0.6 is 0 Å². The van der Waals surface area contributed by atoms with Gasteiger partial charge in [0.15, 0.2) is 0 Å². The third kappa shape index (κ3) is 5.81. The number of hydrogen-bond donors (Lipinski definition) is 4. The second kappa shape index (κ2) is 11.2. The maximum absolute atomic E-state index is 13.6. The molecule has 3 aliphatic rings. The summed E-state index contributed by atoms with van der Waals surface area (Å²) in [5, 5.41) is 6.39. The molecule has 0 aliphatic carbocycles. The van der Waals surface area contributed by atoms with E-state index >= 15 is 0 Å². The Morgan fingerprint density at radius 1 is 1.19 bits per heavy atom. The highest BCUT2D eigenvalue weighted by Gasteiger charge is 2.55. The molecule has 3 unspecified atom stereocenters. The molecule has 37 heavy (non-hydrogen) atoms. The predicted octanol–water partition coefficient (Wildman–Crippen LogP) is 1.05. The number of likely N-dealkylation sites (N-methyl/N-ethyl adjacent to an activating group) is 1. The van der Waals surface area contributed by atoms with Crippen molar-refractivity contribution in [1.29, 1.82) is 0 Å². The molecule has 5 atom stereocenters. The summed E-state index contributed by atoms with van der Waals surface area (Å²) in [6.45, 7) is 9.91. The molecule has 1 aromatic carbocycles. The Hall–Kier alpha value is -2.95. The van der Waals surface area contributed by atoms with Gasteiger partial charge in [-0.05, 0) is 52.4 Å². The maximum atomic E-state index is 13.6. The number of nitrogens with zero attached hydrogens (tertiary/aromatic N) is 3. The lowest BCUT2D eigenvalue weighted by Crippen LogP contribution is -2.58. The Morgan fingerprint density at radius 2 is 1.92 bits per heavy atom. The van der Waals surface area contributed by atoms with Crippen LogP contribution in [0.5, 0.6) is 0 Å². The fourth-order valence-electron chi connectivity index (χ4n) is 5.90. The Labute approximate surface area is 219 Å². The topological polar surface area (TPSA) is 109 Å². The van der Waals surface area contributed by atoms with Crippen LogP contribution in [-0.4, -0.2) is 90.6 Å². The fourth-order valence-corrected chi connectivity index (χ4v) is 5.90. The Bertz CT molecular complexity index is 999. The number of hydrazine groups is 1. The van der Waals surface area contributed by atoms with Crippen molar-refractivity contribution in [3.8, 4) is 0 Å². The Balaban J connectivity index is 1.41. The second-order valence-corrected chi connectivity index (χ2v) is 11.2. The summed E-state index contributed by atoms with van der Waals surface area (Å²) < 4.78 is 0. The number of amides is 4. The lowest BCUT2D eigenvalue weighted by atomic mass is 9.89. The van der Waals surface area contributed by atoms with E-state index in [1.54, 1.807) is 4.90 Å². The highest BCUT2D eigenvalue weighted by atomic mass is 16.2. The van der Waals surface area contributed by atoms with E-state index < -0.39 is 5.54 Å². The first-order valence-electron chi connectivity index (χ1n) is 13.1. The van der Waals surface area contributed by atoms with E-state index in [-0.39, 0.29) is 47.9 Å². The quantitative estimate of drug-likeness (QED) is 0.408. The highest BCUT2D eigenvalue weighted by Crippen LogP contribution is 2.37. The zero-order valence-electron chi connectivity index (χ0n) is 22.4. The minimum atomic E-state index is -0.474. The SMILES string of the molecule is C=CC(=O)N1CCC[C@H](C(=O)NC2NNC3C2CN(C(=O)N[C@H](CN(C)C)c2ccccc2)C3(C)C)C1. The van der Waals surface area contributed by atoms with Gasteiger partial charge in [-0.3, -0.25) is 15.0 Å². The maximum Gasteiger partial charge on any atom is 0.318 e. The minimum absolute atomic E-state index is 0.00299. The van der Waals surface area contributed by atoms with Crippen LogP contribution in [0.4, 0.5) is 4.79 Å². The Morgan fingerprint density at radius 3 is 2.59 bits per heavy atom. The monoisotopic (exact) mass is 511 g/mol. The fraction of sp³-hybridized carbons (Fsp3) is 0.593. The molecule has 0 saturated carbocycles. The van der Waals surface area contributed by atoms with Crippen molar-refractivity contribution >= 4 is 17.8 Å². The molecule has 0 aromatic heterocycles. The van der Waals surface area contributed by atoms with E-state index in [1.165, 1.54) is 6.08 Å². The highest BCUT2D eigenvalue weighted by molar-refractivity contribution is 5.88. The lowest BCUT2D eigenvalue weighted by molar-refractivity contribution is -0.132. The molecule has 0 radical (unpaired) electrons. The van der Waals surface area contributed by atoms with Crippen LogP contribution in [0.2, 0.25) is 0 Å². The molecular formula is C27H41N7O3. The molecular weight excluding hydrogens is 470 g/mol. The van der Waals surface area contributed by atoms with Gasteiger partial charge in [-0.2, -0.15) is 0 Å². The zero-order chi connectivity index (χ0) is 26.7. The number of piperidine rings is 1. The van der Waals surface area contributed by atoms with Crippen LogP contribution in [0.1, 0.15) is 38.3 Å². The molecule has 10 nitrogen and oxygen atoms in total. The number of urea groups is 1. The van der Waals surface area contributed by atoms with Gasteiger partial charge in [0.1, 0.15) is 0 Å². The summed E-state index contributed by atoms with van der Waals surface area (Å²) in [6.07, 6.45) is 2.52. The van der Waals surface area contributed by atoms with Crippen molar-refractivity contribution in [3.63, 3.8) is 0 Å². The molecule has 4 amide bonds. The average Bonchev–Trinajstić information content (AvgIpc) is 3.41. The van der Waals surface area contributed by atoms with Crippen LogP contribution in [0, 0.1) is 11.8 Å². The average molecular weight is 512 g/mol. The van der Waals surface area contributed by atoms with Gasteiger partial charge in [0.2, 0.25) is 11.8 Å². The van der Waals surface area contributed by atoms with Crippen LogP contribution in [0.3, 0.4) is 0 Å². The molecule has 10 heteroatoms. The van der Waals surface area contributed by atoms with Gasteiger partial charge >= 0.3 is 6.03 Å². The molecule has 0 bridgehead atoms. The number of carbonyl (C=O) groups is 3. The van der Waals surface area contributed by atoms with E-state index in [4.69, 9.17) is 0 Å². The van der Waals surface area contributed by atoms with Gasteiger partial charge < -0.3 is 25.3 Å². The largest absolute Gasteiger partial charge is 0.339 e. The molecule has 3 aliphatic heterocycles. The first-order chi connectivity index (χ1) is 17.6. The molecule has 1 aromatic rings. The molecule has 202 valence electrons. The van der Waals surface area contributed by atoms with Gasteiger partial charge in [0, 0.05) is 32.1 Å². The second-order valence-electron chi connectivity index (χ2n) is 11.2. The summed E-state index contributed by atoms with van der Waals surface area (Å²) >= 11 is 0. The number of hydrogen-bond acceptors (Lipinski definition) is 6. The summed E-state index contributed by atoms with van der Waals surface area (Å²) in [4.78, 5) is 44.4. The van der Waals surface area contributed by atoms with Crippen molar-refractivity contribution in [2.45, 2.75) is 50.5 Å². The van der Waals surface area contributed by atoms with Gasteiger partial charge in [-0.15, -0.1) is 0 Å². The summed E-state index contributed by atoms with van der Waals surface area (Å²) in [6, 6.07) is 9.71. The van der Waals surface area contributed by atoms with Crippen LogP contribution in [0.25, 0.3) is 0 Å². The van der Waals surface area contributed by atoms with Gasteiger partial charge in [0.05, 0.1) is 29.7 Å². The van der Waals surface area contributed by atoms with Crippen molar-refractivity contribution in [3.05, 3.63) is 48.6 Å². The third-order valence-electron chi connectivity index (χ3n) is 7.97. The van der Waals surface area contributed by atoms with Crippen LogP contribution in [0.15, 0.2) is 43.0 Å². The number of carbonyl (C=O) groups excluding carboxylic acids is 3. The molecule has 4 rings (SSSR count). The standard InChI is InChI=1S/C27H41N7O3/c1-6-22(35)33-14-10-13-19(15-33)25(36)29-24-20-16-34(27(2,3)23(20)30-31-24)26(37)28-21(17-32(4)5)18-11-8-7-9-12-18/h6-9,11-12,19-21,23-24,30-31H,1,10,13-17H2,2-5H3,(H,28,37)(H,29,36)/t19-,20?,21+,23?,24?/m0/s1. The molecule has 0 spiro atoms. The number of benzene rings is 1. The Kier molecular flexibility index (Phi) is 8.20. The third-order valence-corrected chi connectivity index (χ3v) is 7.97. The van der Waals surface area contributed by atoms with Crippen LogP contribution in [-0.2, 0) is 9.59 Å². The first-order valence-corrected chi connectivity index (χ1v) is 13.1. The van der Waals surface area contributed by atoms with Gasteiger partial charge in [0.25, 0.3) is 0 Å². The molecule has 3 heterocycles. The molecule has 4 N–H and O–H groups in total. The van der Waals surface area contributed by atoms with E-state index in [0.717, 1.165) is 18.4 Å². The number of fused-ring (bicyclic) bond motifs is 1. The number of likely N-dealkylation sites (tertiary alicyclic amines) is 2. The number of nitrogens with one attached hydrogen (secondary N) is 4. The number of rotatable bonds is 7. The van der Waals surface area contributed by atoms with Gasteiger partial charge in [-0.1, -0.05) is 36.9 Å². The van der Waals surface area contributed by atoms with E-state index in [0.29, 0.717) is 26.2 Å². The smallest absolute Gasteiger partial charge is 0.318 e. The molecule has 3 fully saturated rings.